The van der Waals surface area contributed by atoms with Gasteiger partial charge in [0.2, 0.25) is 5.91 Å². The van der Waals surface area contributed by atoms with Crippen molar-refractivity contribution in [2.75, 3.05) is 36.9 Å². The number of benzene rings is 1. The van der Waals surface area contributed by atoms with Crippen LogP contribution in [-0.4, -0.2) is 61.3 Å². The number of carbonyl (C=O) groups excluding carboxylic acids is 3. The van der Waals surface area contributed by atoms with Gasteiger partial charge >= 0.3 is 12.1 Å². The van der Waals surface area contributed by atoms with Crippen LogP contribution in [0.2, 0.25) is 0 Å². The molecule has 9 nitrogen and oxygen atoms in total. The van der Waals surface area contributed by atoms with Crippen molar-refractivity contribution in [3.05, 3.63) is 24.3 Å². The molecule has 0 unspecified atom stereocenters. The van der Waals surface area contributed by atoms with Crippen LogP contribution in [0.4, 0.5) is 21.0 Å². The largest absolute Gasteiger partial charge is 0.376 e. The summed E-state index contributed by atoms with van der Waals surface area (Å²) in [6.07, 6.45) is 3.70. The lowest BCUT2D eigenvalue weighted by Gasteiger charge is -2.32. The minimum absolute atomic E-state index is 0.0110. The third kappa shape index (κ3) is 7.13. The number of likely N-dealkylation sites (tertiary alicyclic amines) is 1. The molecule has 0 spiro atoms. The SMILES string of the molecule is CC(C)NC(=O)Nc1ccc(NC(=O)N2CCC[C@@H](C(=O)NC[C@H]3CCCO3)C2)cc1. The summed E-state index contributed by atoms with van der Waals surface area (Å²) in [4.78, 5) is 38.6. The summed E-state index contributed by atoms with van der Waals surface area (Å²) < 4.78 is 5.55. The summed E-state index contributed by atoms with van der Waals surface area (Å²) in [6, 6.07) is 6.47. The average Bonchev–Trinajstić information content (AvgIpc) is 3.26. The molecule has 31 heavy (non-hydrogen) atoms. The van der Waals surface area contributed by atoms with Crippen LogP contribution in [-0.2, 0) is 9.53 Å². The Morgan fingerprint density at radius 2 is 1.77 bits per heavy atom. The summed E-state index contributed by atoms with van der Waals surface area (Å²) in [5.74, 6) is -0.213. The Morgan fingerprint density at radius 1 is 1.06 bits per heavy atom. The predicted octanol–water partition coefficient (Wildman–Crippen LogP) is 2.76. The molecule has 2 aliphatic heterocycles. The van der Waals surface area contributed by atoms with Gasteiger partial charge in [0.05, 0.1) is 12.0 Å². The van der Waals surface area contributed by atoms with Gasteiger partial charge in [-0.05, 0) is 63.8 Å². The molecule has 9 heteroatoms. The maximum Gasteiger partial charge on any atom is 0.321 e. The first-order valence-corrected chi connectivity index (χ1v) is 11.0. The molecule has 1 aromatic carbocycles. The number of nitrogens with one attached hydrogen (secondary N) is 4. The molecule has 3 rings (SSSR count). The molecule has 0 bridgehead atoms. The van der Waals surface area contributed by atoms with E-state index in [0.717, 1.165) is 32.3 Å². The van der Waals surface area contributed by atoms with Crippen LogP contribution in [0.3, 0.4) is 0 Å². The van der Waals surface area contributed by atoms with E-state index in [9.17, 15) is 14.4 Å². The molecule has 170 valence electrons. The van der Waals surface area contributed by atoms with Crippen molar-refractivity contribution in [2.24, 2.45) is 5.92 Å². The zero-order valence-corrected chi connectivity index (χ0v) is 18.3. The molecule has 0 saturated carbocycles. The Balaban J connectivity index is 1.45. The first kappa shape index (κ1) is 22.9. The molecule has 5 amide bonds. The normalized spacial score (nSPS) is 20.9. The second-order valence-corrected chi connectivity index (χ2v) is 8.43. The number of hydrogen-bond donors (Lipinski definition) is 4. The van der Waals surface area contributed by atoms with Crippen LogP contribution in [0.5, 0.6) is 0 Å². The molecule has 4 N–H and O–H groups in total. The molecular weight excluding hydrogens is 398 g/mol. The average molecular weight is 432 g/mol. The van der Waals surface area contributed by atoms with Gasteiger partial charge in [-0.25, -0.2) is 9.59 Å². The lowest BCUT2D eigenvalue weighted by atomic mass is 9.97. The van der Waals surface area contributed by atoms with E-state index in [1.165, 1.54) is 0 Å². The molecule has 2 heterocycles. The Kier molecular flexibility index (Phi) is 8.11. The summed E-state index contributed by atoms with van der Waals surface area (Å²) >= 11 is 0. The highest BCUT2D eigenvalue weighted by atomic mass is 16.5. The molecule has 0 aromatic heterocycles. The van der Waals surface area contributed by atoms with Gasteiger partial charge in [0, 0.05) is 43.7 Å². The molecule has 2 saturated heterocycles. The van der Waals surface area contributed by atoms with Crippen LogP contribution in [0.25, 0.3) is 0 Å². The van der Waals surface area contributed by atoms with E-state index in [4.69, 9.17) is 4.74 Å². The van der Waals surface area contributed by atoms with E-state index in [-0.39, 0.29) is 36.0 Å². The molecule has 1 aromatic rings. The highest BCUT2D eigenvalue weighted by Crippen LogP contribution is 2.19. The van der Waals surface area contributed by atoms with Gasteiger partial charge in [-0.3, -0.25) is 4.79 Å². The van der Waals surface area contributed by atoms with Gasteiger partial charge in [0.25, 0.3) is 0 Å². The minimum atomic E-state index is -0.274. The van der Waals surface area contributed by atoms with Gasteiger partial charge in [0.15, 0.2) is 0 Å². The molecule has 2 fully saturated rings. The van der Waals surface area contributed by atoms with Crippen molar-refractivity contribution in [3.63, 3.8) is 0 Å². The predicted molar refractivity (Wildman–Crippen MR) is 119 cm³/mol. The van der Waals surface area contributed by atoms with E-state index in [2.05, 4.69) is 21.3 Å². The lowest BCUT2D eigenvalue weighted by molar-refractivity contribution is -0.126. The number of amides is 5. The zero-order chi connectivity index (χ0) is 22.2. The fourth-order valence-corrected chi connectivity index (χ4v) is 3.81. The van der Waals surface area contributed by atoms with E-state index in [1.807, 2.05) is 13.8 Å². The third-order valence-electron chi connectivity index (χ3n) is 5.42. The fourth-order valence-electron chi connectivity index (χ4n) is 3.81. The van der Waals surface area contributed by atoms with Gasteiger partial charge in [0.1, 0.15) is 0 Å². The van der Waals surface area contributed by atoms with Crippen molar-refractivity contribution in [3.8, 4) is 0 Å². The summed E-state index contributed by atoms with van der Waals surface area (Å²) in [7, 11) is 0. The highest BCUT2D eigenvalue weighted by Gasteiger charge is 2.29. The quantitative estimate of drug-likeness (QED) is 0.555. The van der Waals surface area contributed by atoms with Crippen molar-refractivity contribution >= 4 is 29.3 Å². The first-order chi connectivity index (χ1) is 14.9. The number of hydrogen-bond acceptors (Lipinski definition) is 4. The van der Waals surface area contributed by atoms with Gasteiger partial charge in [-0.1, -0.05) is 0 Å². The third-order valence-corrected chi connectivity index (χ3v) is 5.42. The van der Waals surface area contributed by atoms with Crippen molar-refractivity contribution in [2.45, 2.75) is 51.7 Å². The van der Waals surface area contributed by atoms with Crippen LogP contribution >= 0.6 is 0 Å². The van der Waals surface area contributed by atoms with Crippen LogP contribution in [0, 0.1) is 5.92 Å². The maximum atomic E-state index is 12.7. The summed E-state index contributed by atoms with van der Waals surface area (Å²) in [5.41, 5.74) is 1.27. The minimum Gasteiger partial charge on any atom is -0.376 e. The van der Waals surface area contributed by atoms with E-state index in [1.54, 1.807) is 29.2 Å². The Bertz CT molecular complexity index is 762. The number of rotatable bonds is 6. The fraction of sp³-hybridized carbons (Fsp3) is 0.591. The number of nitrogens with zero attached hydrogens (tertiary/aromatic N) is 1. The van der Waals surface area contributed by atoms with Crippen molar-refractivity contribution < 1.29 is 19.1 Å². The topological polar surface area (TPSA) is 112 Å². The standard InChI is InChI=1S/C22H33N5O4/c1-15(2)24-21(29)25-17-7-9-18(10-8-17)26-22(30)27-11-3-5-16(14-27)20(28)23-13-19-6-4-12-31-19/h7-10,15-16,19H,3-6,11-14H2,1-2H3,(H,23,28)(H,26,30)(H2,24,25,29)/t16-,19-/m1/s1. The van der Waals surface area contributed by atoms with Crippen molar-refractivity contribution in [1.29, 1.82) is 0 Å². The van der Waals surface area contributed by atoms with Crippen molar-refractivity contribution in [1.82, 2.24) is 15.5 Å². The lowest BCUT2D eigenvalue weighted by Crippen LogP contribution is -2.47. The second kappa shape index (κ2) is 11.0. The molecular formula is C22H33N5O4. The summed E-state index contributed by atoms with van der Waals surface area (Å²) in [6.45, 7) is 6.10. The molecule has 2 aliphatic rings. The van der Waals surface area contributed by atoms with E-state index >= 15 is 0 Å². The highest BCUT2D eigenvalue weighted by molar-refractivity contribution is 5.92. The number of ether oxygens (including phenoxy) is 1. The smallest absolute Gasteiger partial charge is 0.321 e. The Morgan fingerprint density at radius 3 is 2.42 bits per heavy atom. The van der Waals surface area contributed by atoms with Crippen LogP contribution in [0.1, 0.15) is 39.5 Å². The van der Waals surface area contributed by atoms with Crippen LogP contribution < -0.4 is 21.3 Å². The van der Waals surface area contributed by atoms with Gasteiger partial charge in [-0.2, -0.15) is 0 Å². The number of anilines is 2. The maximum absolute atomic E-state index is 12.7. The van der Waals surface area contributed by atoms with Gasteiger partial charge in [-0.15, -0.1) is 0 Å². The monoisotopic (exact) mass is 431 g/mol. The number of carbonyl (C=O) groups is 3. The first-order valence-electron chi connectivity index (χ1n) is 11.0. The van der Waals surface area contributed by atoms with E-state index < -0.39 is 0 Å². The molecule has 0 radical (unpaired) electrons. The Hall–Kier alpha value is -2.81. The zero-order valence-electron chi connectivity index (χ0n) is 18.3. The van der Waals surface area contributed by atoms with Gasteiger partial charge < -0.3 is 30.9 Å². The van der Waals surface area contributed by atoms with E-state index in [0.29, 0.717) is 31.0 Å². The second-order valence-electron chi connectivity index (χ2n) is 8.43. The molecule has 0 aliphatic carbocycles. The number of urea groups is 2. The van der Waals surface area contributed by atoms with Crippen LogP contribution in [0.15, 0.2) is 24.3 Å². The molecule has 2 atom stereocenters. The Labute approximate surface area is 183 Å². The number of piperidine rings is 1. The summed E-state index contributed by atoms with van der Waals surface area (Å²) in [5, 5.41) is 11.3.